The van der Waals surface area contributed by atoms with Gasteiger partial charge in [0.05, 0.1) is 5.44 Å². The van der Waals surface area contributed by atoms with Crippen molar-refractivity contribution >= 4 is 14.7 Å². The van der Waals surface area contributed by atoms with Crippen molar-refractivity contribution in [3.63, 3.8) is 0 Å². The van der Waals surface area contributed by atoms with Gasteiger partial charge in [0.1, 0.15) is 0 Å². The molecule has 1 unspecified atom stereocenters. The molecule has 1 aromatic rings. The summed E-state index contributed by atoms with van der Waals surface area (Å²) in [6, 6.07) is 2.19. The molecule has 0 aliphatic carbocycles. The molecule has 0 radical (unpaired) electrons. The summed E-state index contributed by atoms with van der Waals surface area (Å²) < 4.78 is 0. The van der Waals surface area contributed by atoms with Gasteiger partial charge in [-0.05, 0) is 42.9 Å². The second kappa shape index (κ2) is 6.95. The fraction of sp³-hybridized carbons (Fsp3) is 0.615. The maximum absolute atomic E-state index is 4.36. The average molecular weight is 223 g/mol. The molecule has 2 heteroatoms. The number of unbranched alkanes of at least 4 members (excludes halogenated alkanes) is 2. The maximum atomic E-state index is 4.36. The largest absolute Gasteiger partial charge is 0.257 e. The van der Waals surface area contributed by atoms with Crippen molar-refractivity contribution < 1.29 is 0 Å². The Bertz CT molecular complexity index is 297. The van der Waals surface area contributed by atoms with Crippen molar-refractivity contribution in [2.24, 2.45) is 0 Å². The summed E-state index contributed by atoms with van der Waals surface area (Å²) in [5.41, 5.74) is 4.13. The van der Waals surface area contributed by atoms with Crippen LogP contribution in [0.1, 0.15) is 50.7 Å². The van der Waals surface area contributed by atoms with E-state index in [1.165, 1.54) is 49.7 Å². The molecule has 1 atom stereocenters. The van der Waals surface area contributed by atoms with Gasteiger partial charge in [0.2, 0.25) is 0 Å². The Balaban J connectivity index is 2.77. The van der Waals surface area contributed by atoms with Crippen LogP contribution >= 0.6 is 9.24 Å². The van der Waals surface area contributed by atoms with Crippen molar-refractivity contribution in [1.82, 2.24) is 4.98 Å². The van der Waals surface area contributed by atoms with Crippen molar-refractivity contribution in [2.75, 3.05) is 0 Å². The predicted molar refractivity (Wildman–Crippen MR) is 70.8 cm³/mol. The molecule has 1 rings (SSSR count). The van der Waals surface area contributed by atoms with Gasteiger partial charge in [-0.15, -0.1) is 0 Å². The zero-order valence-electron chi connectivity index (χ0n) is 9.92. The van der Waals surface area contributed by atoms with Crippen molar-refractivity contribution in [1.29, 1.82) is 0 Å². The number of nitrogens with zero attached hydrogens (tertiary/aromatic N) is 1. The molecule has 0 bridgehead atoms. The average Bonchev–Trinajstić information content (AvgIpc) is 2.25. The highest BCUT2D eigenvalue weighted by molar-refractivity contribution is 7.27. The Morgan fingerprint density at radius 2 is 1.80 bits per heavy atom. The monoisotopic (exact) mass is 223 g/mol. The summed E-state index contributed by atoms with van der Waals surface area (Å²) in [6.07, 6.45) is 9.40. The molecule has 1 nitrogen and oxygen atoms in total. The highest BCUT2D eigenvalue weighted by Gasteiger charge is 2.05. The van der Waals surface area contributed by atoms with Crippen molar-refractivity contribution in [3.05, 3.63) is 23.4 Å². The van der Waals surface area contributed by atoms with Gasteiger partial charge in [-0.1, -0.05) is 35.9 Å². The zero-order valence-corrected chi connectivity index (χ0v) is 11.1. The van der Waals surface area contributed by atoms with E-state index in [-0.39, 0.29) is 0 Å². The zero-order chi connectivity index (χ0) is 11.1. The molecule has 0 aliphatic heterocycles. The molecule has 84 valence electrons. The van der Waals surface area contributed by atoms with Crippen LogP contribution in [0.2, 0.25) is 0 Å². The Hall–Kier alpha value is -0.420. The smallest absolute Gasteiger partial charge is 0.0603 e. The summed E-state index contributed by atoms with van der Waals surface area (Å²) >= 11 is 0. The molecular weight excluding hydrogens is 201 g/mol. The molecule has 15 heavy (non-hydrogen) atoms. The van der Waals surface area contributed by atoms with E-state index in [0.29, 0.717) is 0 Å². The van der Waals surface area contributed by atoms with Crippen LogP contribution in [0, 0.1) is 0 Å². The second-order valence-corrected chi connectivity index (χ2v) is 4.59. The highest BCUT2D eigenvalue weighted by Crippen LogP contribution is 2.13. The Labute approximate surface area is 95.9 Å². The van der Waals surface area contributed by atoms with Crippen LogP contribution in [-0.4, -0.2) is 4.98 Å². The van der Waals surface area contributed by atoms with Gasteiger partial charge in [0.25, 0.3) is 0 Å². The second-order valence-electron chi connectivity index (χ2n) is 4.04. The predicted octanol–water partition coefficient (Wildman–Crippen LogP) is 3.27. The summed E-state index contributed by atoms with van der Waals surface area (Å²) in [5, 5.41) is 0. The first kappa shape index (κ1) is 12.6. The number of aromatic nitrogens is 1. The van der Waals surface area contributed by atoms with Gasteiger partial charge in [-0.2, -0.15) is 0 Å². The third-order valence-electron chi connectivity index (χ3n) is 2.77. The van der Waals surface area contributed by atoms with Crippen LogP contribution in [0.25, 0.3) is 0 Å². The molecule has 0 aromatic carbocycles. The van der Waals surface area contributed by atoms with E-state index in [9.17, 15) is 0 Å². The molecule has 0 saturated carbocycles. The molecule has 0 N–H and O–H groups in total. The first-order valence-corrected chi connectivity index (χ1v) is 6.59. The highest BCUT2D eigenvalue weighted by atomic mass is 31.0. The lowest BCUT2D eigenvalue weighted by molar-refractivity contribution is 0.758. The van der Waals surface area contributed by atoms with Gasteiger partial charge < -0.3 is 0 Å². The number of pyridine rings is 1. The molecule has 0 saturated heterocycles. The Morgan fingerprint density at radius 3 is 2.47 bits per heavy atom. The third-order valence-corrected chi connectivity index (χ3v) is 3.26. The van der Waals surface area contributed by atoms with Gasteiger partial charge in [0, 0.05) is 6.20 Å². The Morgan fingerprint density at radius 1 is 1.13 bits per heavy atom. The minimum absolute atomic E-state index is 1.15. The summed E-state index contributed by atoms with van der Waals surface area (Å²) in [5.74, 6) is 0. The SMILES string of the molecule is CCCCc1ccnc(P)c1CCCC. The van der Waals surface area contributed by atoms with Crippen LogP contribution in [-0.2, 0) is 12.8 Å². The van der Waals surface area contributed by atoms with E-state index in [2.05, 4.69) is 34.1 Å². The third kappa shape index (κ3) is 3.91. The van der Waals surface area contributed by atoms with Gasteiger partial charge in [-0.25, -0.2) is 0 Å². The lowest BCUT2D eigenvalue weighted by Crippen LogP contribution is -2.10. The lowest BCUT2D eigenvalue weighted by atomic mass is 10.0. The standard InChI is InChI=1S/C13H22NP/c1-3-5-7-11-9-10-14-13(15)12(11)8-6-4-2/h9-10H,3-8,15H2,1-2H3. The maximum Gasteiger partial charge on any atom is 0.0603 e. The summed E-state index contributed by atoms with van der Waals surface area (Å²) in [6.45, 7) is 4.49. The van der Waals surface area contributed by atoms with Gasteiger partial charge in [-0.3, -0.25) is 4.98 Å². The van der Waals surface area contributed by atoms with Crippen LogP contribution in [0.5, 0.6) is 0 Å². The van der Waals surface area contributed by atoms with Crippen molar-refractivity contribution in [2.45, 2.75) is 52.4 Å². The number of hydrogen-bond acceptors (Lipinski definition) is 1. The minimum Gasteiger partial charge on any atom is -0.257 e. The number of hydrogen-bond donors (Lipinski definition) is 0. The first-order chi connectivity index (χ1) is 7.29. The van der Waals surface area contributed by atoms with Gasteiger partial charge in [0.15, 0.2) is 0 Å². The van der Waals surface area contributed by atoms with E-state index < -0.39 is 0 Å². The molecule has 0 amide bonds. The van der Waals surface area contributed by atoms with Crippen LogP contribution in [0.15, 0.2) is 12.3 Å². The minimum atomic E-state index is 1.15. The molecule has 0 aliphatic rings. The molecule has 1 heterocycles. The molecule has 1 aromatic heterocycles. The number of rotatable bonds is 6. The number of aryl methyl sites for hydroxylation is 1. The van der Waals surface area contributed by atoms with E-state index in [4.69, 9.17) is 0 Å². The van der Waals surface area contributed by atoms with E-state index in [0.717, 1.165) is 5.44 Å². The molecule has 0 spiro atoms. The van der Waals surface area contributed by atoms with Crippen LogP contribution in [0.4, 0.5) is 0 Å². The summed E-state index contributed by atoms with van der Waals surface area (Å²) in [7, 11) is 2.77. The first-order valence-electron chi connectivity index (χ1n) is 6.01. The van der Waals surface area contributed by atoms with Crippen LogP contribution in [0.3, 0.4) is 0 Å². The van der Waals surface area contributed by atoms with E-state index in [1.54, 1.807) is 0 Å². The van der Waals surface area contributed by atoms with Crippen LogP contribution < -0.4 is 5.44 Å². The molecule has 0 fully saturated rings. The fourth-order valence-corrected chi connectivity index (χ4v) is 2.21. The topological polar surface area (TPSA) is 12.9 Å². The fourth-order valence-electron chi connectivity index (χ4n) is 1.79. The quantitative estimate of drug-likeness (QED) is 0.674. The van der Waals surface area contributed by atoms with E-state index in [1.807, 2.05) is 6.20 Å². The normalized spacial score (nSPS) is 10.6. The van der Waals surface area contributed by atoms with Gasteiger partial charge >= 0.3 is 0 Å². The van der Waals surface area contributed by atoms with Crippen molar-refractivity contribution in [3.8, 4) is 0 Å². The lowest BCUT2D eigenvalue weighted by Gasteiger charge is -2.10. The van der Waals surface area contributed by atoms with E-state index >= 15 is 0 Å². The summed E-state index contributed by atoms with van der Waals surface area (Å²) in [4.78, 5) is 4.36. The molecular formula is C13H22NP. The Kier molecular flexibility index (Phi) is 5.86.